The molecule has 2 heterocycles. The van der Waals surface area contributed by atoms with E-state index in [9.17, 15) is 18.0 Å². The molecule has 1 atom stereocenters. The van der Waals surface area contributed by atoms with Crippen molar-refractivity contribution in [3.05, 3.63) is 36.0 Å². The van der Waals surface area contributed by atoms with Crippen LogP contribution in [0.3, 0.4) is 0 Å². The van der Waals surface area contributed by atoms with Crippen molar-refractivity contribution in [1.82, 2.24) is 15.3 Å². The number of urea groups is 1. The maximum absolute atomic E-state index is 13.5. The van der Waals surface area contributed by atoms with Crippen LogP contribution in [0.2, 0.25) is 0 Å². The Balaban J connectivity index is 1.52. The van der Waals surface area contributed by atoms with Gasteiger partial charge in [-0.2, -0.15) is 0 Å². The highest BCUT2D eigenvalue weighted by molar-refractivity contribution is 7.92. The monoisotopic (exact) mass is 542 g/mol. The van der Waals surface area contributed by atoms with Crippen molar-refractivity contribution >= 4 is 33.3 Å². The summed E-state index contributed by atoms with van der Waals surface area (Å²) in [6, 6.07) is 8.83. The van der Waals surface area contributed by atoms with Gasteiger partial charge >= 0.3 is 6.03 Å². The third-order valence-electron chi connectivity index (χ3n) is 7.44. The number of carbonyl (C=O) groups excluding carboxylic acids is 2. The van der Waals surface area contributed by atoms with Crippen LogP contribution >= 0.6 is 0 Å². The van der Waals surface area contributed by atoms with Crippen molar-refractivity contribution in [3.63, 3.8) is 0 Å². The van der Waals surface area contributed by atoms with Crippen LogP contribution in [-0.4, -0.2) is 74.5 Å². The van der Waals surface area contributed by atoms with Crippen LogP contribution in [0.1, 0.15) is 45.2 Å². The predicted molar refractivity (Wildman–Crippen MR) is 144 cm³/mol. The number of nitrogens with zero attached hydrogens (tertiary/aromatic N) is 4. The number of aromatic nitrogens is 2. The summed E-state index contributed by atoms with van der Waals surface area (Å²) in [6.07, 6.45) is 2.79. The van der Waals surface area contributed by atoms with Gasteiger partial charge in [-0.1, -0.05) is 0 Å². The van der Waals surface area contributed by atoms with Crippen LogP contribution < -0.4 is 20.9 Å². The minimum atomic E-state index is -3.59. The summed E-state index contributed by atoms with van der Waals surface area (Å²) in [5.74, 6) is 0.652. The molecule has 1 aromatic carbocycles. The number of hydrogen-bond acceptors (Lipinski definition) is 8. The van der Waals surface area contributed by atoms with E-state index in [0.29, 0.717) is 61.2 Å². The number of anilines is 2. The lowest BCUT2D eigenvalue weighted by molar-refractivity contribution is -0.118. The Bertz CT molecular complexity index is 1320. The number of carbonyl (C=O) groups is 2. The van der Waals surface area contributed by atoms with E-state index in [1.807, 2.05) is 31.2 Å². The smallest absolute Gasteiger partial charge is 0.319 e. The third kappa shape index (κ3) is 5.19. The first kappa shape index (κ1) is 26.4. The summed E-state index contributed by atoms with van der Waals surface area (Å²) < 4.78 is 31.4. The van der Waals surface area contributed by atoms with Crippen LogP contribution in [0.5, 0.6) is 0 Å². The standard InChI is InChI=1S/C26H34N6O5S/c1-17-16-37-13-12-31(17)23-15-22(26(9-10-26)38(35,36)14-11-28-18(2)33)29-24(30-23)19-3-5-20(6-4-19)32(25(27)34)21-7-8-21/h3-6,15,17,21H,7-14,16H2,1-2H3,(H2,27,34)(H,28,33)/t17-/m0/s1. The Morgan fingerprint density at radius 3 is 2.50 bits per heavy atom. The van der Waals surface area contributed by atoms with Crippen LogP contribution in [0.4, 0.5) is 16.3 Å². The average molecular weight is 543 g/mol. The lowest BCUT2D eigenvalue weighted by atomic mass is 10.1. The molecule has 11 nitrogen and oxygen atoms in total. The van der Waals surface area contributed by atoms with E-state index in [1.54, 1.807) is 11.0 Å². The maximum atomic E-state index is 13.5. The highest BCUT2D eigenvalue weighted by atomic mass is 32.2. The number of amides is 3. The Kier molecular flexibility index (Phi) is 7.03. The predicted octanol–water partition coefficient (Wildman–Crippen LogP) is 1.96. The summed E-state index contributed by atoms with van der Waals surface area (Å²) >= 11 is 0. The lowest BCUT2D eigenvalue weighted by Crippen LogP contribution is -2.44. The van der Waals surface area contributed by atoms with Crippen LogP contribution in [0.25, 0.3) is 11.4 Å². The Morgan fingerprint density at radius 1 is 1.21 bits per heavy atom. The normalized spacial score (nSPS) is 20.6. The number of primary amides is 1. The molecule has 0 unspecified atom stereocenters. The Labute approximate surface area is 222 Å². The number of sulfone groups is 1. The molecule has 2 saturated carbocycles. The molecule has 1 saturated heterocycles. The molecule has 38 heavy (non-hydrogen) atoms. The van der Waals surface area contributed by atoms with Gasteiger partial charge in [-0.15, -0.1) is 0 Å². The van der Waals surface area contributed by atoms with Gasteiger partial charge in [0.15, 0.2) is 15.7 Å². The molecule has 1 aliphatic heterocycles. The fraction of sp³-hybridized carbons (Fsp3) is 0.538. The number of benzene rings is 1. The van der Waals surface area contributed by atoms with Gasteiger partial charge in [0.05, 0.1) is 30.7 Å². The van der Waals surface area contributed by atoms with Gasteiger partial charge in [0, 0.05) is 43.4 Å². The summed E-state index contributed by atoms with van der Waals surface area (Å²) in [4.78, 5) is 36.6. The molecule has 204 valence electrons. The quantitative estimate of drug-likeness (QED) is 0.489. The van der Waals surface area contributed by atoms with Gasteiger partial charge in [0.1, 0.15) is 10.6 Å². The largest absolute Gasteiger partial charge is 0.377 e. The second-order valence-electron chi connectivity index (χ2n) is 10.3. The molecule has 0 radical (unpaired) electrons. The molecule has 3 amide bonds. The number of nitrogens with two attached hydrogens (primary N) is 1. The minimum Gasteiger partial charge on any atom is -0.377 e. The van der Waals surface area contributed by atoms with Crippen molar-refractivity contribution in [2.45, 2.75) is 56.4 Å². The summed E-state index contributed by atoms with van der Waals surface area (Å²) in [5.41, 5.74) is 7.50. The zero-order valence-corrected chi connectivity index (χ0v) is 22.5. The third-order valence-corrected chi connectivity index (χ3v) is 9.99. The summed E-state index contributed by atoms with van der Waals surface area (Å²) in [6.45, 7) is 5.20. The van der Waals surface area contributed by atoms with Gasteiger partial charge in [0.2, 0.25) is 5.91 Å². The number of ether oxygens (including phenoxy) is 1. The van der Waals surface area contributed by atoms with Crippen molar-refractivity contribution in [3.8, 4) is 11.4 Å². The molecule has 3 aliphatic rings. The van der Waals surface area contributed by atoms with Gasteiger partial charge < -0.3 is 20.7 Å². The number of morpholine rings is 1. The molecular weight excluding hydrogens is 508 g/mol. The second-order valence-corrected chi connectivity index (χ2v) is 12.8. The summed E-state index contributed by atoms with van der Waals surface area (Å²) in [7, 11) is -3.59. The average Bonchev–Trinajstić information content (AvgIpc) is 3.79. The van der Waals surface area contributed by atoms with E-state index in [1.165, 1.54) is 6.92 Å². The molecule has 3 N–H and O–H groups in total. The number of nitrogens with one attached hydrogen (secondary N) is 1. The highest BCUT2D eigenvalue weighted by Gasteiger charge is 2.57. The molecular formula is C26H34N6O5S. The van der Waals surface area contributed by atoms with E-state index in [2.05, 4.69) is 10.2 Å². The van der Waals surface area contributed by atoms with Gasteiger partial charge in [-0.3, -0.25) is 9.69 Å². The fourth-order valence-electron chi connectivity index (χ4n) is 5.03. The van der Waals surface area contributed by atoms with E-state index >= 15 is 0 Å². The van der Waals surface area contributed by atoms with Crippen LogP contribution in [0, 0.1) is 0 Å². The van der Waals surface area contributed by atoms with Gasteiger partial charge in [-0.05, 0) is 56.9 Å². The van der Waals surface area contributed by atoms with E-state index in [4.69, 9.17) is 20.4 Å². The van der Waals surface area contributed by atoms with Crippen LogP contribution in [-0.2, 0) is 24.1 Å². The van der Waals surface area contributed by atoms with Gasteiger partial charge in [0.25, 0.3) is 0 Å². The Hall–Kier alpha value is -3.25. The van der Waals surface area contributed by atoms with Crippen molar-refractivity contribution < 1.29 is 22.7 Å². The van der Waals surface area contributed by atoms with Crippen molar-refractivity contribution in [1.29, 1.82) is 0 Å². The zero-order chi connectivity index (χ0) is 27.1. The maximum Gasteiger partial charge on any atom is 0.319 e. The minimum absolute atomic E-state index is 0.0591. The first-order chi connectivity index (χ1) is 18.1. The molecule has 12 heteroatoms. The van der Waals surface area contributed by atoms with Crippen LogP contribution in [0.15, 0.2) is 30.3 Å². The molecule has 1 aromatic heterocycles. The zero-order valence-electron chi connectivity index (χ0n) is 21.7. The SMILES string of the molecule is CC(=O)NCCS(=O)(=O)C1(c2cc(N3CCOC[C@@H]3C)nc(-c3ccc(N(C(N)=O)C4CC4)cc3)n2)CC1. The van der Waals surface area contributed by atoms with E-state index < -0.39 is 20.6 Å². The lowest BCUT2D eigenvalue weighted by Gasteiger charge is -2.34. The van der Waals surface area contributed by atoms with Crippen molar-refractivity contribution in [2.75, 3.05) is 41.9 Å². The molecule has 5 rings (SSSR count). The Morgan fingerprint density at radius 2 is 1.92 bits per heavy atom. The van der Waals surface area contributed by atoms with E-state index in [-0.39, 0.29) is 30.3 Å². The molecule has 3 fully saturated rings. The second kappa shape index (κ2) is 10.1. The molecule has 2 aromatic rings. The van der Waals surface area contributed by atoms with Crippen molar-refractivity contribution in [2.24, 2.45) is 5.73 Å². The number of rotatable bonds is 9. The highest BCUT2D eigenvalue weighted by Crippen LogP contribution is 2.53. The van der Waals surface area contributed by atoms with Gasteiger partial charge in [-0.25, -0.2) is 23.2 Å². The summed E-state index contributed by atoms with van der Waals surface area (Å²) in [5, 5.41) is 2.58. The van der Waals surface area contributed by atoms with E-state index in [0.717, 1.165) is 12.8 Å². The topological polar surface area (TPSA) is 148 Å². The molecule has 2 aliphatic carbocycles. The fourth-order valence-corrected chi connectivity index (χ4v) is 6.94. The molecule has 0 spiro atoms. The number of hydrogen-bond donors (Lipinski definition) is 2. The first-order valence-electron chi connectivity index (χ1n) is 13.0. The molecule has 0 bridgehead atoms. The first-order valence-corrected chi connectivity index (χ1v) is 14.7.